The van der Waals surface area contributed by atoms with Crippen molar-refractivity contribution in [2.75, 3.05) is 0 Å². The molecule has 0 N–H and O–H groups in total. The van der Waals surface area contributed by atoms with Crippen LogP contribution < -0.4 is 5.19 Å². The van der Waals surface area contributed by atoms with Gasteiger partial charge in [-0.3, -0.25) is 4.89 Å². The third kappa shape index (κ3) is 4.43. The average molecular weight is 319 g/mol. The molecule has 2 atom stereocenters. The van der Waals surface area contributed by atoms with Crippen LogP contribution in [-0.2, 0) is 9.78 Å². The van der Waals surface area contributed by atoms with Crippen molar-refractivity contribution in [1.29, 1.82) is 0 Å². The highest BCUT2D eigenvalue weighted by atomic mass is 28.3. The van der Waals surface area contributed by atoms with E-state index < -0.39 is 14.0 Å². The lowest BCUT2D eigenvalue weighted by atomic mass is 9.82. The molecule has 3 nitrogen and oxygen atoms in total. The van der Waals surface area contributed by atoms with Crippen LogP contribution in [0.4, 0.5) is 0 Å². The molecule has 1 saturated carbocycles. The molecular formula is C18H27O3Si. The molecule has 1 fully saturated rings. The molecule has 0 amide bonds. The van der Waals surface area contributed by atoms with Crippen molar-refractivity contribution in [3.63, 3.8) is 0 Å². The molecule has 1 radical (unpaired) electrons. The van der Waals surface area contributed by atoms with Crippen LogP contribution in [0.3, 0.4) is 0 Å². The number of rotatable bonds is 4. The molecule has 22 heavy (non-hydrogen) atoms. The zero-order valence-corrected chi connectivity index (χ0v) is 15.3. The fourth-order valence-corrected chi connectivity index (χ4v) is 3.87. The number of carbonyl (C=O) groups is 1. The van der Waals surface area contributed by atoms with E-state index in [0.717, 1.165) is 18.9 Å². The summed E-state index contributed by atoms with van der Waals surface area (Å²) in [5.74, 6) is 0.541. The Morgan fingerprint density at radius 1 is 1.09 bits per heavy atom. The Morgan fingerprint density at radius 3 is 2.32 bits per heavy atom. The minimum absolute atomic E-state index is 0.360. The van der Waals surface area contributed by atoms with Crippen LogP contribution in [0.15, 0.2) is 24.3 Å². The predicted octanol–water partition coefficient (Wildman–Crippen LogP) is 4.31. The van der Waals surface area contributed by atoms with Crippen molar-refractivity contribution in [2.45, 2.75) is 52.8 Å². The lowest BCUT2D eigenvalue weighted by Gasteiger charge is -2.29. The predicted molar refractivity (Wildman–Crippen MR) is 91.3 cm³/mol. The smallest absolute Gasteiger partial charge is 0.292 e. The second-order valence-electron chi connectivity index (χ2n) is 7.54. The van der Waals surface area contributed by atoms with E-state index in [1.54, 1.807) is 0 Å². The molecule has 121 valence electrons. The van der Waals surface area contributed by atoms with Gasteiger partial charge in [-0.25, -0.2) is 4.79 Å². The minimum atomic E-state index is -1.34. The lowest BCUT2D eigenvalue weighted by molar-refractivity contribution is -0.248. The van der Waals surface area contributed by atoms with E-state index in [4.69, 9.17) is 9.78 Å². The van der Waals surface area contributed by atoms with Crippen molar-refractivity contribution in [3.05, 3.63) is 35.9 Å². The maximum atomic E-state index is 12.1. The quantitative estimate of drug-likeness (QED) is 0.471. The van der Waals surface area contributed by atoms with E-state index >= 15 is 0 Å². The van der Waals surface area contributed by atoms with Gasteiger partial charge in [0.2, 0.25) is 0 Å². The van der Waals surface area contributed by atoms with Gasteiger partial charge in [0, 0.05) is 0 Å². The van der Waals surface area contributed by atoms with Crippen LogP contribution in [-0.4, -0.2) is 14.0 Å². The molecule has 2 rings (SSSR count). The van der Waals surface area contributed by atoms with Crippen molar-refractivity contribution in [2.24, 2.45) is 11.8 Å². The van der Waals surface area contributed by atoms with Crippen LogP contribution in [0.1, 0.15) is 43.5 Å². The molecule has 1 aliphatic rings. The van der Waals surface area contributed by atoms with Gasteiger partial charge in [-0.05, 0) is 36.8 Å². The van der Waals surface area contributed by atoms with Gasteiger partial charge in [-0.1, -0.05) is 57.2 Å². The van der Waals surface area contributed by atoms with Crippen LogP contribution in [0.5, 0.6) is 0 Å². The lowest BCUT2D eigenvalue weighted by Crippen LogP contribution is -2.37. The Balaban J connectivity index is 1.92. The van der Waals surface area contributed by atoms with Gasteiger partial charge < -0.3 is 0 Å². The summed E-state index contributed by atoms with van der Waals surface area (Å²) in [7, 11) is -1.34. The fraction of sp³-hybridized carbons (Fsp3) is 0.556. The summed E-state index contributed by atoms with van der Waals surface area (Å²) >= 11 is 0. The van der Waals surface area contributed by atoms with E-state index in [2.05, 4.69) is 33.5 Å². The molecule has 0 bridgehead atoms. The number of hydrogen-bond acceptors (Lipinski definition) is 3. The molecule has 0 saturated heterocycles. The van der Waals surface area contributed by atoms with Crippen LogP contribution >= 0.6 is 0 Å². The second kappa shape index (κ2) is 6.96. The van der Waals surface area contributed by atoms with Gasteiger partial charge in [-0.2, -0.15) is 4.89 Å². The zero-order valence-electron chi connectivity index (χ0n) is 14.3. The molecule has 0 aromatic heterocycles. The highest BCUT2D eigenvalue weighted by Gasteiger charge is 2.29. The normalized spacial score (nSPS) is 23.3. The van der Waals surface area contributed by atoms with Gasteiger partial charge in [-0.15, -0.1) is 0 Å². The summed E-state index contributed by atoms with van der Waals surface area (Å²) in [5, 5.41) is 1.33. The second-order valence-corrected chi connectivity index (χ2v) is 12.6. The Hall–Kier alpha value is -1.13. The largest absolute Gasteiger partial charge is 0.373 e. The SMILES string of the molecule is CC1CCC(C)[C](OOC(=O)c2ccc([Si](C)(C)C)cc2)C1. The Labute approximate surface area is 135 Å². The Bertz CT molecular complexity index is 504. The maximum absolute atomic E-state index is 12.1. The van der Waals surface area contributed by atoms with E-state index in [1.165, 1.54) is 11.6 Å². The molecule has 0 heterocycles. The summed E-state index contributed by atoms with van der Waals surface area (Å²) in [5.41, 5.74) is 0.541. The molecule has 1 aliphatic carbocycles. The zero-order chi connectivity index (χ0) is 16.3. The van der Waals surface area contributed by atoms with Gasteiger partial charge in [0.1, 0.15) is 0 Å². The molecule has 4 heteroatoms. The minimum Gasteiger partial charge on any atom is -0.292 e. The number of carbonyl (C=O) groups excluding carboxylic acids is 1. The molecule has 2 unspecified atom stereocenters. The van der Waals surface area contributed by atoms with Crippen LogP contribution in [0.2, 0.25) is 19.6 Å². The number of benzene rings is 1. The summed E-state index contributed by atoms with van der Waals surface area (Å²) in [6, 6.07) is 7.72. The van der Waals surface area contributed by atoms with Crippen molar-refractivity contribution >= 4 is 19.2 Å². The summed E-state index contributed by atoms with van der Waals surface area (Å²) in [6.45, 7) is 11.2. The van der Waals surface area contributed by atoms with E-state index in [0.29, 0.717) is 17.4 Å². The van der Waals surface area contributed by atoms with Gasteiger partial charge >= 0.3 is 5.97 Å². The standard InChI is InChI=1S/C18H27O3Si/c1-13-6-7-14(2)17(12-13)20-21-18(19)15-8-10-16(11-9-15)22(3,4)5/h8-11,13-14H,6-7,12H2,1-5H3. The first kappa shape index (κ1) is 17.2. The summed E-state index contributed by atoms with van der Waals surface area (Å²) in [4.78, 5) is 22.5. The van der Waals surface area contributed by atoms with Crippen molar-refractivity contribution in [3.8, 4) is 0 Å². The third-order valence-corrected chi connectivity index (χ3v) is 6.47. The van der Waals surface area contributed by atoms with E-state index in [9.17, 15) is 4.79 Å². The van der Waals surface area contributed by atoms with Crippen molar-refractivity contribution < 1.29 is 14.6 Å². The number of hydrogen-bond donors (Lipinski definition) is 0. The highest BCUT2D eigenvalue weighted by molar-refractivity contribution is 6.88. The fourth-order valence-electron chi connectivity index (χ4n) is 2.70. The monoisotopic (exact) mass is 319 g/mol. The first-order valence-corrected chi connectivity index (χ1v) is 11.6. The van der Waals surface area contributed by atoms with Gasteiger partial charge in [0.15, 0.2) is 6.10 Å². The molecule has 0 spiro atoms. The Kier molecular flexibility index (Phi) is 5.45. The van der Waals surface area contributed by atoms with Gasteiger partial charge in [0.25, 0.3) is 0 Å². The Morgan fingerprint density at radius 2 is 1.73 bits per heavy atom. The van der Waals surface area contributed by atoms with Crippen LogP contribution in [0.25, 0.3) is 0 Å². The summed E-state index contributed by atoms with van der Waals surface area (Å²) in [6.07, 6.45) is 4.08. The highest BCUT2D eigenvalue weighted by Crippen LogP contribution is 2.35. The van der Waals surface area contributed by atoms with Crippen LogP contribution in [0, 0.1) is 17.9 Å². The van der Waals surface area contributed by atoms with Crippen molar-refractivity contribution in [1.82, 2.24) is 0 Å². The summed E-state index contributed by atoms with van der Waals surface area (Å²) < 4.78 is 0. The average Bonchev–Trinajstić information content (AvgIpc) is 2.47. The first-order valence-electron chi connectivity index (χ1n) is 8.12. The molecule has 1 aromatic rings. The maximum Gasteiger partial charge on any atom is 0.373 e. The third-order valence-electron chi connectivity index (χ3n) is 4.40. The molecule has 0 aliphatic heterocycles. The van der Waals surface area contributed by atoms with E-state index in [1.807, 2.05) is 24.3 Å². The van der Waals surface area contributed by atoms with E-state index in [-0.39, 0.29) is 0 Å². The van der Waals surface area contributed by atoms with Gasteiger partial charge in [0.05, 0.1) is 13.6 Å². The topological polar surface area (TPSA) is 35.5 Å². The molecule has 1 aromatic carbocycles. The molecular weight excluding hydrogens is 292 g/mol. The first-order chi connectivity index (χ1) is 10.3.